The topological polar surface area (TPSA) is 44.8 Å². The van der Waals surface area contributed by atoms with Gasteiger partial charge in [0.05, 0.1) is 12.2 Å². The third kappa shape index (κ3) is 5.37. The van der Waals surface area contributed by atoms with Crippen LogP contribution in [0.2, 0.25) is 0 Å². The molecule has 29 heavy (non-hydrogen) atoms. The van der Waals surface area contributed by atoms with Gasteiger partial charge in [0, 0.05) is 10.1 Å². The van der Waals surface area contributed by atoms with Crippen LogP contribution >= 0.6 is 23.1 Å². The van der Waals surface area contributed by atoms with Crippen molar-refractivity contribution in [2.24, 2.45) is 11.8 Å². The smallest absolute Gasteiger partial charge is 0.352 e. The molecule has 0 spiro atoms. The minimum Gasteiger partial charge on any atom is -0.488 e. The second-order valence-electron chi connectivity index (χ2n) is 8.20. The third-order valence-electron chi connectivity index (χ3n) is 4.98. The molecule has 4 nitrogen and oxygen atoms in total. The van der Waals surface area contributed by atoms with Crippen molar-refractivity contribution >= 4 is 39.2 Å². The molecule has 3 rings (SSSR count). The van der Waals surface area contributed by atoms with Crippen LogP contribution in [-0.2, 0) is 4.74 Å². The molecule has 1 saturated carbocycles. The molecule has 2 unspecified atom stereocenters. The van der Waals surface area contributed by atoms with E-state index in [1.54, 1.807) is 6.07 Å². The lowest BCUT2D eigenvalue weighted by atomic mass is 9.82. The van der Waals surface area contributed by atoms with Gasteiger partial charge in [0.25, 0.3) is 0 Å². The summed E-state index contributed by atoms with van der Waals surface area (Å²) in [5.41, 5.74) is 0. The zero-order chi connectivity index (χ0) is 21.1. The lowest BCUT2D eigenvalue weighted by molar-refractivity contribution is 0.0373. The zero-order valence-corrected chi connectivity index (χ0v) is 19.3. The summed E-state index contributed by atoms with van der Waals surface area (Å²) in [4.78, 5) is 13.1. The fourth-order valence-electron chi connectivity index (χ4n) is 3.96. The van der Waals surface area contributed by atoms with Crippen LogP contribution in [0.5, 0.6) is 11.5 Å². The normalized spacial score (nSPS) is 22.1. The molecule has 0 amide bonds. The van der Waals surface area contributed by atoms with Crippen molar-refractivity contribution in [1.29, 1.82) is 0 Å². The molecular weight excluding hydrogens is 411 g/mol. The SMILES string of the molecule is CSCOc1cc2c(OC3CC(C)CC(C)C3)c(C(=O)OC(C)C)sc2cc1F. The van der Waals surface area contributed by atoms with Gasteiger partial charge >= 0.3 is 5.97 Å². The largest absolute Gasteiger partial charge is 0.488 e. The van der Waals surface area contributed by atoms with E-state index >= 15 is 0 Å². The summed E-state index contributed by atoms with van der Waals surface area (Å²) < 4.78 is 32.5. The highest BCUT2D eigenvalue weighted by molar-refractivity contribution is 7.98. The quantitative estimate of drug-likeness (QED) is 0.363. The van der Waals surface area contributed by atoms with E-state index < -0.39 is 11.8 Å². The fraction of sp³-hybridized carbons (Fsp3) is 0.591. The van der Waals surface area contributed by atoms with E-state index in [-0.39, 0.29) is 18.0 Å². The molecule has 0 N–H and O–H groups in total. The van der Waals surface area contributed by atoms with Crippen molar-refractivity contribution in [3.63, 3.8) is 0 Å². The molecule has 0 radical (unpaired) electrons. The first-order valence-electron chi connectivity index (χ1n) is 10.0. The maximum Gasteiger partial charge on any atom is 0.352 e. The summed E-state index contributed by atoms with van der Waals surface area (Å²) in [6, 6.07) is 3.06. The monoisotopic (exact) mass is 440 g/mol. The third-order valence-corrected chi connectivity index (χ3v) is 6.44. The average Bonchev–Trinajstić information content (AvgIpc) is 2.95. The van der Waals surface area contributed by atoms with Gasteiger partial charge in [-0.2, -0.15) is 0 Å². The molecule has 1 aromatic carbocycles. The van der Waals surface area contributed by atoms with Crippen molar-refractivity contribution in [2.75, 3.05) is 12.2 Å². The van der Waals surface area contributed by atoms with Crippen molar-refractivity contribution in [2.45, 2.75) is 59.2 Å². The van der Waals surface area contributed by atoms with Crippen LogP contribution in [0, 0.1) is 17.7 Å². The van der Waals surface area contributed by atoms with E-state index in [4.69, 9.17) is 14.2 Å². The number of hydrogen-bond acceptors (Lipinski definition) is 6. The van der Waals surface area contributed by atoms with Gasteiger partial charge in [-0.15, -0.1) is 23.1 Å². The molecule has 2 aromatic rings. The van der Waals surface area contributed by atoms with Crippen LogP contribution < -0.4 is 9.47 Å². The molecular formula is C22H29FO4S2. The number of thiophene rings is 1. The lowest BCUT2D eigenvalue weighted by Crippen LogP contribution is -2.29. The standard InChI is InChI=1S/C22H29FO4S2/c1-12(2)26-22(24)21-20(27-15-7-13(3)6-14(4)8-15)16-9-18(25-11-28-5)17(23)10-19(16)29-21/h9-10,12-15H,6-8,11H2,1-5H3. The first-order valence-corrected chi connectivity index (χ1v) is 12.2. The predicted octanol–water partition coefficient (Wildman–Crippen LogP) is 6.51. The van der Waals surface area contributed by atoms with E-state index in [1.165, 1.54) is 35.6 Å². The van der Waals surface area contributed by atoms with Gasteiger partial charge in [-0.25, -0.2) is 9.18 Å². The number of fused-ring (bicyclic) bond motifs is 1. The summed E-state index contributed by atoms with van der Waals surface area (Å²) in [6.07, 6.45) is 4.74. The number of halogens is 1. The summed E-state index contributed by atoms with van der Waals surface area (Å²) in [5, 5.41) is 0.703. The Morgan fingerprint density at radius 2 is 1.93 bits per heavy atom. The Kier molecular flexibility index (Phi) is 7.32. The molecule has 160 valence electrons. The molecule has 0 bridgehead atoms. The van der Waals surface area contributed by atoms with Crippen molar-refractivity contribution in [1.82, 2.24) is 0 Å². The van der Waals surface area contributed by atoms with E-state index in [2.05, 4.69) is 13.8 Å². The molecule has 2 atom stereocenters. The number of esters is 1. The van der Waals surface area contributed by atoms with E-state index in [9.17, 15) is 9.18 Å². The summed E-state index contributed by atoms with van der Waals surface area (Å²) in [7, 11) is 0. The average molecular weight is 441 g/mol. The number of carbonyl (C=O) groups excluding carboxylic acids is 1. The number of carbonyl (C=O) groups is 1. The molecule has 1 heterocycles. The zero-order valence-electron chi connectivity index (χ0n) is 17.6. The molecule has 7 heteroatoms. The van der Waals surface area contributed by atoms with Crippen LogP contribution in [0.15, 0.2) is 12.1 Å². The van der Waals surface area contributed by atoms with Gasteiger partial charge in [-0.1, -0.05) is 13.8 Å². The van der Waals surface area contributed by atoms with E-state index in [1.807, 2.05) is 20.1 Å². The van der Waals surface area contributed by atoms with Gasteiger partial charge in [-0.05, 0) is 63.3 Å². The van der Waals surface area contributed by atoms with Crippen LogP contribution in [-0.4, -0.2) is 30.4 Å². The summed E-state index contributed by atoms with van der Waals surface area (Å²) >= 11 is 2.68. The number of thioether (sulfide) groups is 1. The molecule has 0 saturated heterocycles. The second kappa shape index (κ2) is 9.56. The number of rotatable bonds is 7. The van der Waals surface area contributed by atoms with Crippen LogP contribution in [0.1, 0.15) is 56.6 Å². The highest BCUT2D eigenvalue weighted by atomic mass is 32.2. The van der Waals surface area contributed by atoms with Gasteiger partial charge in [0.2, 0.25) is 0 Å². The Labute approximate surface area is 180 Å². The lowest BCUT2D eigenvalue weighted by Gasteiger charge is -2.31. The fourth-order valence-corrected chi connectivity index (χ4v) is 5.23. The van der Waals surface area contributed by atoms with Crippen molar-refractivity contribution < 1.29 is 23.4 Å². The van der Waals surface area contributed by atoms with E-state index in [0.717, 1.165) is 12.8 Å². The first-order chi connectivity index (χ1) is 13.8. The minimum atomic E-state index is -0.442. The minimum absolute atomic E-state index is 0.0257. The van der Waals surface area contributed by atoms with Crippen molar-refractivity contribution in [3.8, 4) is 11.5 Å². The predicted molar refractivity (Wildman–Crippen MR) is 118 cm³/mol. The Bertz CT molecular complexity index is 854. The summed E-state index contributed by atoms with van der Waals surface area (Å²) in [5.74, 6) is 1.28. The highest BCUT2D eigenvalue weighted by Crippen LogP contribution is 2.43. The van der Waals surface area contributed by atoms with Crippen LogP contribution in [0.25, 0.3) is 10.1 Å². The summed E-state index contributed by atoms with van der Waals surface area (Å²) in [6.45, 7) is 8.08. The van der Waals surface area contributed by atoms with Gasteiger partial charge in [0.15, 0.2) is 22.2 Å². The van der Waals surface area contributed by atoms with Gasteiger partial charge in [-0.3, -0.25) is 0 Å². The van der Waals surface area contributed by atoms with Gasteiger partial charge < -0.3 is 14.2 Å². The maximum absolute atomic E-state index is 14.5. The Hall–Kier alpha value is -1.47. The Balaban J connectivity index is 2.02. The molecule has 1 aliphatic rings. The maximum atomic E-state index is 14.5. The second-order valence-corrected chi connectivity index (χ2v) is 10.1. The Morgan fingerprint density at radius 3 is 2.55 bits per heavy atom. The van der Waals surface area contributed by atoms with Crippen LogP contribution in [0.4, 0.5) is 4.39 Å². The van der Waals surface area contributed by atoms with Crippen LogP contribution in [0.3, 0.4) is 0 Å². The molecule has 1 aromatic heterocycles. The van der Waals surface area contributed by atoms with Gasteiger partial charge in [0.1, 0.15) is 5.94 Å². The molecule has 0 aliphatic heterocycles. The van der Waals surface area contributed by atoms with E-state index in [0.29, 0.717) is 38.5 Å². The van der Waals surface area contributed by atoms with Crippen molar-refractivity contribution in [3.05, 3.63) is 22.8 Å². The Morgan fingerprint density at radius 1 is 1.24 bits per heavy atom. The number of ether oxygens (including phenoxy) is 3. The first kappa shape index (κ1) is 22.2. The number of hydrogen-bond donors (Lipinski definition) is 0. The molecule has 1 fully saturated rings. The number of benzene rings is 1. The highest BCUT2D eigenvalue weighted by Gasteiger charge is 2.30. The molecule has 1 aliphatic carbocycles.